The first-order chi connectivity index (χ1) is 12.3. The van der Waals surface area contributed by atoms with Crippen LogP contribution in [0, 0.1) is 0 Å². The van der Waals surface area contributed by atoms with Crippen molar-refractivity contribution in [3.05, 3.63) is 24.4 Å². The molecule has 1 amide bonds. The first-order valence-corrected chi connectivity index (χ1v) is 9.71. The normalized spacial score (nSPS) is 25.3. The van der Waals surface area contributed by atoms with Crippen molar-refractivity contribution in [2.45, 2.75) is 37.8 Å². The molecule has 1 aromatic heterocycles. The van der Waals surface area contributed by atoms with Crippen LogP contribution in [0.5, 0.6) is 0 Å². The molecule has 6 nitrogen and oxygen atoms in total. The van der Waals surface area contributed by atoms with Crippen molar-refractivity contribution in [2.75, 3.05) is 50.7 Å². The zero-order valence-electron chi connectivity index (χ0n) is 15.8. The van der Waals surface area contributed by atoms with E-state index in [1.165, 1.54) is 12.8 Å². The maximum absolute atomic E-state index is 12.8. The minimum atomic E-state index is 0. The number of aromatic nitrogens is 1. The van der Waals surface area contributed by atoms with Gasteiger partial charge in [-0.3, -0.25) is 9.69 Å². The van der Waals surface area contributed by atoms with Gasteiger partial charge >= 0.3 is 0 Å². The molecule has 0 aliphatic carbocycles. The second-order valence-electron chi connectivity index (χ2n) is 7.45. The van der Waals surface area contributed by atoms with E-state index in [1.807, 2.05) is 18.3 Å². The van der Waals surface area contributed by atoms with Crippen molar-refractivity contribution >= 4 is 36.5 Å². The molecular formula is C19H31Cl2N5O. The molecule has 2 unspecified atom stereocenters. The minimum absolute atomic E-state index is 0. The number of halogens is 2. The molecule has 3 aliphatic heterocycles. The lowest BCUT2D eigenvalue weighted by Gasteiger charge is -2.36. The van der Waals surface area contributed by atoms with E-state index in [9.17, 15) is 4.79 Å². The summed E-state index contributed by atoms with van der Waals surface area (Å²) >= 11 is 0. The molecule has 3 saturated heterocycles. The van der Waals surface area contributed by atoms with Gasteiger partial charge in [0, 0.05) is 64.0 Å². The average Bonchev–Trinajstić information content (AvgIpc) is 2.93. The van der Waals surface area contributed by atoms with Crippen molar-refractivity contribution in [3.63, 3.8) is 0 Å². The van der Waals surface area contributed by atoms with Crippen LogP contribution in [0.3, 0.4) is 0 Å². The van der Waals surface area contributed by atoms with Crippen molar-refractivity contribution in [2.24, 2.45) is 0 Å². The van der Waals surface area contributed by atoms with Crippen LogP contribution in [-0.2, 0) is 4.79 Å². The molecule has 27 heavy (non-hydrogen) atoms. The van der Waals surface area contributed by atoms with Crippen molar-refractivity contribution in [3.8, 4) is 0 Å². The van der Waals surface area contributed by atoms with Crippen LogP contribution in [0.15, 0.2) is 24.4 Å². The third kappa shape index (κ3) is 5.25. The number of nitrogens with one attached hydrogen (secondary N) is 1. The molecule has 0 spiro atoms. The number of carbonyl (C=O) groups is 1. The van der Waals surface area contributed by atoms with E-state index in [0.717, 1.165) is 58.1 Å². The van der Waals surface area contributed by atoms with E-state index in [1.54, 1.807) is 0 Å². The van der Waals surface area contributed by atoms with E-state index >= 15 is 0 Å². The summed E-state index contributed by atoms with van der Waals surface area (Å²) in [6, 6.07) is 6.98. The molecule has 8 heteroatoms. The largest absolute Gasteiger partial charge is 0.354 e. The maximum atomic E-state index is 12.8. The van der Waals surface area contributed by atoms with Crippen LogP contribution in [-0.4, -0.2) is 78.6 Å². The van der Waals surface area contributed by atoms with Gasteiger partial charge in [-0.1, -0.05) is 6.07 Å². The van der Waals surface area contributed by atoms with Gasteiger partial charge in [0.15, 0.2) is 0 Å². The van der Waals surface area contributed by atoms with Crippen LogP contribution in [0.25, 0.3) is 0 Å². The number of pyridine rings is 1. The van der Waals surface area contributed by atoms with E-state index < -0.39 is 0 Å². The number of carbonyl (C=O) groups excluding carboxylic acids is 1. The van der Waals surface area contributed by atoms with Crippen LogP contribution < -0.4 is 10.2 Å². The first-order valence-electron chi connectivity index (χ1n) is 9.71. The summed E-state index contributed by atoms with van der Waals surface area (Å²) in [7, 11) is 0. The van der Waals surface area contributed by atoms with Crippen LogP contribution >= 0.6 is 24.8 Å². The second kappa shape index (κ2) is 10.5. The highest BCUT2D eigenvalue weighted by Gasteiger charge is 2.37. The topological polar surface area (TPSA) is 51.7 Å². The van der Waals surface area contributed by atoms with Gasteiger partial charge in [0.25, 0.3) is 0 Å². The fourth-order valence-electron chi connectivity index (χ4n) is 4.51. The quantitative estimate of drug-likeness (QED) is 0.811. The number of amides is 1. The van der Waals surface area contributed by atoms with Crippen molar-refractivity contribution in [1.82, 2.24) is 20.1 Å². The molecular weight excluding hydrogens is 385 g/mol. The zero-order valence-corrected chi connectivity index (χ0v) is 17.4. The van der Waals surface area contributed by atoms with Gasteiger partial charge < -0.3 is 15.1 Å². The van der Waals surface area contributed by atoms with E-state index in [-0.39, 0.29) is 24.8 Å². The van der Waals surface area contributed by atoms with Gasteiger partial charge in [-0.25, -0.2) is 4.98 Å². The fourth-order valence-corrected chi connectivity index (χ4v) is 4.51. The molecule has 0 radical (unpaired) electrons. The first kappa shape index (κ1) is 22.2. The summed E-state index contributed by atoms with van der Waals surface area (Å²) in [5.74, 6) is 1.43. The summed E-state index contributed by atoms with van der Waals surface area (Å²) in [6.45, 7) is 6.92. The standard InChI is InChI=1S/C19H29N5O.2ClH/c25-19(24-16-4-5-17(24)15-20-9-6-16)7-10-22-11-13-23(14-12-22)18-3-1-2-8-21-18;;/h1-3,8,16-17,20H,4-7,9-15H2;2*1H. The Hall–Kier alpha value is -1.08. The summed E-state index contributed by atoms with van der Waals surface area (Å²) < 4.78 is 0. The minimum Gasteiger partial charge on any atom is -0.354 e. The maximum Gasteiger partial charge on any atom is 0.224 e. The van der Waals surface area contributed by atoms with E-state index in [4.69, 9.17) is 0 Å². The Morgan fingerprint density at radius 3 is 2.59 bits per heavy atom. The lowest BCUT2D eigenvalue weighted by Crippen LogP contribution is -2.48. The highest BCUT2D eigenvalue weighted by Crippen LogP contribution is 2.28. The van der Waals surface area contributed by atoms with Gasteiger partial charge in [-0.15, -0.1) is 24.8 Å². The Labute approximate surface area is 174 Å². The molecule has 152 valence electrons. The molecule has 1 N–H and O–H groups in total. The Bertz CT molecular complexity index is 569. The number of piperazine rings is 1. The Morgan fingerprint density at radius 2 is 1.85 bits per heavy atom. The number of rotatable bonds is 4. The SMILES string of the molecule is Cl.Cl.O=C(CCN1CCN(c2ccccn2)CC1)N1C2CCNCC1CC2. The van der Waals surface area contributed by atoms with Crippen LogP contribution in [0.1, 0.15) is 25.7 Å². The third-order valence-electron chi connectivity index (χ3n) is 5.93. The Morgan fingerprint density at radius 1 is 1.07 bits per heavy atom. The van der Waals surface area contributed by atoms with Gasteiger partial charge in [0.05, 0.1) is 0 Å². The zero-order chi connectivity index (χ0) is 17.1. The number of fused-ring (bicyclic) bond motifs is 2. The van der Waals surface area contributed by atoms with Crippen molar-refractivity contribution in [1.29, 1.82) is 0 Å². The molecule has 0 aromatic carbocycles. The lowest BCUT2D eigenvalue weighted by atomic mass is 10.1. The smallest absolute Gasteiger partial charge is 0.224 e. The summed E-state index contributed by atoms with van der Waals surface area (Å²) in [4.78, 5) is 24.2. The molecule has 3 aliphatic rings. The highest BCUT2D eigenvalue weighted by molar-refractivity contribution is 5.85. The summed E-state index contributed by atoms with van der Waals surface area (Å²) in [6.07, 6.45) is 6.00. The van der Waals surface area contributed by atoms with Crippen molar-refractivity contribution < 1.29 is 4.79 Å². The third-order valence-corrected chi connectivity index (χ3v) is 5.93. The van der Waals surface area contributed by atoms with Crippen LogP contribution in [0.2, 0.25) is 0 Å². The molecule has 1 aromatic rings. The number of hydrogen-bond donors (Lipinski definition) is 1. The van der Waals surface area contributed by atoms with Crippen LogP contribution in [0.4, 0.5) is 5.82 Å². The predicted molar refractivity (Wildman–Crippen MR) is 113 cm³/mol. The molecule has 0 saturated carbocycles. The highest BCUT2D eigenvalue weighted by atomic mass is 35.5. The fraction of sp³-hybridized carbons (Fsp3) is 0.684. The Kier molecular flexibility index (Phi) is 8.61. The monoisotopic (exact) mass is 415 g/mol. The summed E-state index contributed by atoms with van der Waals surface area (Å²) in [5, 5.41) is 3.47. The van der Waals surface area contributed by atoms with Gasteiger partial charge in [0.1, 0.15) is 5.82 Å². The number of nitrogens with zero attached hydrogens (tertiary/aromatic N) is 4. The molecule has 4 heterocycles. The van der Waals surface area contributed by atoms with E-state index in [2.05, 4.69) is 31.1 Å². The number of anilines is 1. The summed E-state index contributed by atoms with van der Waals surface area (Å²) in [5.41, 5.74) is 0. The Balaban J connectivity index is 0.00000131. The molecule has 3 fully saturated rings. The number of hydrogen-bond acceptors (Lipinski definition) is 5. The van der Waals surface area contributed by atoms with Gasteiger partial charge in [-0.05, 0) is 37.9 Å². The lowest BCUT2D eigenvalue weighted by molar-refractivity contribution is -0.134. The van der Waals surface area contributed by atoms with Gasteiger partial charge in [-0.2, -0.15) is 0 Å². The second-order valence-corrected chi connectivity index (χ2v) is 7.45. The molecule has 2 bridgehead atoms. The predicted octanol–water partition coefficient (Wildman–Crippen LogP) is 1.79. The van der Waals surface area contributed by atoms with E-state index in [0.29, 0.717) is 24.4 Å². The molecule has 4 rings (SSSR count). The average molecular weight is 416 g/mol. The molecule has 2 atom stereocenters. The van der Waals surface area contributed by atoms with Gasteiger partial charge in [0.2, 0.25) is 5.91 Å².